The maximum atomic E-state index is 12.3. The molecule has 2 aromatic heterocycles. The molecule has 4 rings (SSSR count). The molecule has 0 aliphatic carbocycles. The highest BCUT2D eigenvalue weighted by Crippen LogP contribution is 2.32. The number of anilines is 1. The maximum Gasteiger partial charge on any atom is 0.268 e. The highest BCUT2D eigenvalue weighted by atomic mass is 16.5. The number of H-pyrrole nitrogens is 1. The number of carbonyl (C=O) groups is 2. The Morgan fingerprint density at radius 3 is 3.04 bits per heavy atom. The largest absolute Gasteiger partial charge is 0.363 e. The van der Waals surface area contributed by atoms with E-state index in [1.165, 1.54) is 6.26 Å². The van der Waals surface area contributed by atoms with Crippen LogP contribution < -0.4 is 10.6 Å². The molecule has 0 radical (unpaired) electrons. The molecule has 7 nitrogen and oxygen atoms in total. The molecule has 2 amide bonds. The highest BCUT2D eigenvalue weighted by molar-refractivity contribution is 6.08. The fourth-order valence-corrected chi connectivity index (χ4v) is 2.95. The summed E-state index contributed by atoms with van der Waals surface area (Å²) in [6.07, 6.45) is 1.39. The van der Waals surface area contributed by atoms with Gasteiger partial charge in [0.05, 0.1) is 0 Å². The SMILES string of the molecule is CC1CNC(=O)c2[nH]c3ccc(C(=O)Nc4ccon4)cc3c21. The number of nitrogens with zero attached hydrogens (tertiary/aromatic N) is 1. The minimum absolute atomic E-state index is 0.108. The first kappa shape index (κ1) is 13.6. The minimum atomic E-state index is -0.274. The lowest BCUT2D eigenvalue weighted by molar-refractivity contribution is 0.0936. The molecule has 3 N–H and O–H groups in total. The normalized spacial score (nSPS) is 16.9. The molecule has 23 heavy (non-hydrogen) atoms. The summed E-state index contributed by atoms with van der Waals surface area (Å²) in [6.45, 7) is 2.64. The van der Waals surface area contributed by atoms with Crippen LogP contribution in [0.4, 0.5) is 5.82 Å². The second kappa shape index (κ2) is 4.98. The number of aromatic amines is 1. The monoisotopic (exact) mass is 310 g/mol. The van der Waals surface area contributed by atoms with Crippen molar-refractivity contribution in [2.75, 3.05) is 11.9 Å². The Bertz CT molecular complexity index is 911. The Morgan fingerprint density at radius 2 is 2.26 bits per heavy atom. The van der Waals surface area contributed by atoms with Gasteiger partial charge in [-0.3, -0.25) is 9.59 Å². The molecule has 7 heteroatoms. The van der Waals surface area contributed by atoms with Crippen LogP contribution in [-0.2, 0) is 0 Å². The minimum Gasteiger partial charge on any atom is -0.363 e. The van der Waals surface area contributed by atoms with Gasteiger partial charge in [0.1, 0.15) is 12.0 Å². The second-order valence-electron chi connectivity index (χ2n) is 5.62. The quantitative estimate of drug-likeness (QED) is 0.676. The molecule has 1 atom stereocenters. The number of fused-ring (bicyclic) bond motifs is 3. The Hall–Kier alpha value is -3.09. The van der Waals surface area contributed by atoms with Crippen molar-refractivity contribution in [1.82, 2.24) is 15.5 Å². The van der Waals surface area contributed by atoms with Gasteiger partial charge in [-0.25, -0.2) is 0 Å². The highest BCUT2D eigenvalue weighted by Gasteiger charge is 2.27. The van der Waals surface area contributed by atoms with Gasteiger partial charge < -0.3 is 20.1 Å². The Labute approximate surface area is 131 Å². The molecule has 0 spiro atoms. The van der Waals surface area contributed by atoms with Gasteiger partial charge in [-0.1, -0.05) is 12.1 Å². The van der Waals surface area contributed by atoms with E-state index in [-0.39, 0.29) is 17.7 Å². The van der Waals surface area contributed by atoms with Crippen LogP contribution >= 0.6 is 0 Å². The molecule has 0 bridgehead atoms. The Balaban J connectivity index is 1.77. The van der Waals surface area contributed by atoms with Crippen LogP contribution in [0, 0.1) is 0 Å². The maximum absolute atomic E-state index is 12.3. The predicted octanol–water partition coefficient (Wildman–Crippen LogP) is 2.26. The zero-order valence-electron chi connectivity index (χ0n) is 12.3. The lowest BCUT2D eigenvalue weighted by Crippen LogP contribution is -2.33. The molecule has 0 saturated heterocycles. The van der Waals surface area contributed by atoms with Crippen LogP contribution in [-0.4, -0.2) is 28.5 Å². The summed E-state index contributed by atoms with van der Waals surface area (Å²) < 4.78 is 4.70. The van der Waals surface area contributed by atoms with Crippen LogP contribution in [0.3, 0.4) is 0 Å². The van der Waals surface area contributed by atoms with Gasteiger partial charge in [-0.2, -0.15) is 0 Å². The van der Waals surface area contributed by atoms with Crippen molar-refractivity contribution in [3.63, 3.8) is 0 Å². The molecule has 3 aromatic rings. The molecule has 0 fully saturated rings. The Kier molecular flexibility index (Phi) is 2.94. The van der Waals surface area contributed by atoms with Crippen molar-refractivity contribution < 1.29 is 14.1 Å². The van der Waals surface area contributed by atoms with E-state index in [1.54, 1.807) is 18.2 Å². The van der Waals surface area contributed by atoms with Gasteiger partial charge in [0, 0.05) is 35.0 Å². The van der Waals surface area contributed by atoms with Crippen molar-refractivity contribution in [2.45, 2.75) is 12.8 Å². The number of rotatable bonds is 2. The van der Waals surface area contributed by atoms with Gasteiger partial charge >= 0.3 is 0 Å². The lowest BCUT2D eigenvalue weighted by atomic mass is 9.93. The number of nitrogens with one attached hydrogen (secondary N) is 3. The summed E-state index contributed by atoms with van der Waals surface area (Å²) in [5.74, 6) is 0.163. The van der Waals surface area contributed by atoms with Crippen LogP contribution in [0.1, 0.15) is 39.3 Å². The topological polar surface area (TPSA) is 100 Å². The van der Waals surface area contributed by atoms with Crippen molar-refractivity contribution >= 4 is 28.5 Å². The van der Waals surface area contributed by atoms with Crippen LogP contribution in [0.5, 0.6) is 0 Å². The van der Waals surface area contributed by atoms with E-state index >= 15 is 0 Å². The molecule has 1 unspecified atom stereocenters. The molecule has 116 valence electrons. The lowest BCUT2D eigenvalue weighted by Gasteiger charge is -2.19. The number of carbonyl (C=O) groups excluding carboxylic acids is 2. The standard InChI is InChI=1S/C16H14N4O3/c1-8-7-17-16(22)14-13(8)10-6-9(2-3-11(10)18-14)15(21)19-12-4-5-23-20-12/h2-6,8,18H,7H2,1H3,(H,17,22)(H,19,20,21). The van der Waals surface area contributed by atoms with Crippen LogP contribution in [0.25, 0.3) is 10.9 Å². The molecular weight excluding hydrogens is 296 g/mol. The van der Waals surface area contributed by atoms with Crippen molar-refractivity contribution in [3.05, 3.63) is 47.3 Å². The average Bonchev–Trinajstić information content (AvgIpc) is 3.18. The fourth-order valence-electron chi connectivity index (χ4n) is 2.95. The molecule has 1 aliphatic heterocycles. The van der Waals surface area contributed by atoms with E-state index in [4.69, 9.17) is 4.52 Å². The summed E-state index contributed by atoms with van der Waals surface area (Å²) in [6, 6.07) is 6.89. The van der Waals surface area contributed by atoms with Crippen molar-refractivity contribution in [3.8, 4) is 0 Å². The number of benzene rings is 1. The molecule has 1 aromatic carbocycles. The third-order valence-electron chi connectivity index (χ3n) is 4.07. The predicted molar refractivity (Wildman–Crippen MR) is 83.5 cm³/mol. The van der Waals surface area contributed by atoms with E-state index in [2.05, 4.69) is 20.8 Å². The van der Waals surface area contributed by atoms with Crippen molar-refractivity contribution in [1.29, 1.82) is 0 Å². The first-order valence-corrected chi connectivity index (χ1v) is 7.29. The van der Waals surface area contributed by atoms with Gasteiger partial charge in [0.2, 0.25) is 0 Å². The van der Waals surface area contributed by atoms with E-state index in [1.807, 2.05) is 13.0 Å². The summed E-state index contributed by atoms with van der Waals surface area (Å²) in [5.41, 5.74) is 2.88. The molecule has 1 aliphatic rings. The van der Waals surface area contributed by atoms with Crippen LogP contribution in [0.2, 0.25) is 0 Å². The van der Waals surface area contributed by atoms with Crippen LogP contribution in [0.15, 0.2) is 35.1 Å². The summed E-state index contributed by atoms with van der Waals surface area (Å²) >= 11 is 0. The first-order valence-electron chi connectivity index (χ1n) is 7.29. The summed E-state index contributed by atoms with van der Waals surface area (Å²) in [7, 11) is 0. The average molecular weight is 310 g/mol. The van der Waals surface area contributed by atoms with Gasteiger partial charge in [0.15, 0.2) is 5.82 Å². The Morgan fingerprint density at radius 1 is 1.39 bits per heavy atom. The second-order valence-corrected chi connectivity index (χ2v) is 5.62. The number of hydrogen-bond donors (Lipinski definition) is 3. The molecular formula is C16H14N4O3. The third kappa shape index (κ3) is 2.17. The van der Waals surface area contributed by atoms with E-state index < -0.39 is 0 Å². The zero-order chi connectivity index (χ0) is 16.0. The summed E-state index contributed by atoms with van der Waals surface area (Å²) in [5, 5.41) is 10.1. The third-order valence-corrected chi connectivity index (χ3v) is 4.07. The van der Waals surface area contributed by atoms with Gasteiger partial charge in [-0.05, 0) is 23.8 Å². The van der Waals surface area contributed by atoms with Gasteiger partial charge in [0.25, 0.3) is 11.8 Å². The van der Waals surface area contributed by atoms with E-state index in [9.17, 15) is 9.59 Å². The molecule has 3 heterocycles. The first-order chi connectivity index (χ1) is 11.1. The van der Waals surface area contributed by atoms with E-state index in [0.717, 1.165) is 16.5 Å². The fraction of sp³-hybridized carbons (Fsp3) is 0.188. The number of amides is 2. The van der Waals surface area contributed by atoms with Crippen molar-refractivity contribution in [2.24, 2.45) is 0 Å². The van der Waals surface area contributed by atoms with Gasteiger partial charge in [-0.15, -0.1) is 0 Å². The number of aromatic nitrogens is 2. The summed E-state index contributed by atoms with van der Waals surface area (Å²) in [4.78, 5) is 27.4. The van der Waals surface area contributed by atoms with E-state index in [0.29, 0.717) is 23.6 Å². The smallest absolute Gasteiger partial charge is 0.268 e. The number of hydrogen-bond acceptors (Lipinski definition) is 4. The molecule has 0 saturated carbocycles. The zero-order valence-corrected chi connectivity index (χ0v) is 12.3.